The van der Waals surface area contributed by atoms with Gasteiger partial charge in [0.2, 0.25) is 5.95 Å². The minimum absolute atomic E-state index is 0.00293. The summed E-state index contributed by atoms with van der Waals surface area (Å²) in [4.78, 5) is 15.6. The predicted octanol–water partition coefficient (Wildman–Crippen LogP) is 0.477. The number of aromatic nitrogens is 3. The minimum Gasteiger partial charge on any atom is -0.508 e. The zero-order valence-electron chi connectivity index (χ0n) is 9.34. The molecule has 94 valence electrons. The lowest BCUT2D eigenvalue weighted by atomic mass is 10.2. The highest BCUT2D eigenvalue weighted by molar-refractivity contribution is 6.05. The molecule has 4 N–H and O–H groups in total. The van der Waals surface area contributed by atoms with Gasteiger partial charge in [0, 0.05) is 6.07 Å². The molecule has 0 bridgehead atoms. The highest BCUT2D eigenvalue weighted by atomic mass is 16.5. The number of hydrogen-bond donors (Lipinski definition) is 4. The zero-order valence-corrected chi connectivity index (χ0v) is 9.34. The zero-order chi connectivity index (χ0) is 13.1. The van der Waals surface area contributed by atoms with E-state index in [0.717, 1.165) is 6.07 Å². The molecule has 0 saturated heterocycles. The average Bonchev–Trinajstić information content (AvgIpc) is 2.76. The molecule has 0 aliphatic heterocycles. The molecule has 2 aromatic rings. The van der Waals surface area contributed by atoms with Crippen LogP contribution in [-0.2, 0) is 0 Å². The highest BCUT2D eigenvalue weighted by Gasteiger charge is 2.13. The van der Waals surface area contributed by atoms with Gasteiger partial charge in [0.15, 0.2) is 0 Å². The van der Waals surface area contributed by atoms with E-state index in [1.54, 1.807) is 0 Å². The Morgan fingerprint density at radius 3 is 2.83 bits per heavy atom. The fourth-order valence-corrected chi connectivity index (χ4v) is 1.28. The summed E-state index contributed by atoms with van der Waals surface area (Å²) in [5.74, 6) is -0.972. The summed E-state index contributed by atoms with van der Waals surface area (Å²) in [5.41, 5.74) is 0.00293. The van der Waals surface area contributed by atoms with Crippen LogP contribution in [0.3, 0.4) is 0 Å². The van der Waals surface area contributed by atoms with Crippen LogP contribution in [0, 0.1) is 0 Å². The number of hydrogen-bond acceptors (Lipinski definition) is 6. The van der Waals surface area contributed by atoms with Crippen molar-refractivity contribution in [3.8, 4) is 17.5 Å². The lowest BCUT2D eigenvalue weighted by Gasteiger charge is -2.04. The van der Waals surface area contributed by atoms with Gasteiger partial charge in [-0.2, -0.15) is 4.98 Å². The largest absolute Gasteiger partial charge is 0.508 e. The molecule has 0 aliphatic rings. The van der Waals surface area contributed by atoms with Crippen LogP contribution in [0.2, 0.25) is 0 Å². The molecule has 18 heavy (non-hydrogen) atoms. The van der Waals surface area contributed by atoms with E-state index in [9.17, 15) is 9.90 Å². The second-order valence-electron chi connectivity index (χ2n) is 3.33. The van der Waals surface area contributed by atoms with Crippen molar-refractivity contribution < 1.29 is 19.7 Å². The number of rotatable bonds is 3. The molecule has 8 nitrogen and oxygen atoms in total. The molecular weight excluding hydrogens is 240 g/mol. The second kappa shape index (κ2) is 4.62. The van der Waals surface area contributed by atoms with E-state index in [1.165, 1.54) is 19.2 Å². The van der Waals surface area contributed by atoms with Crippen LogP contribution < -0.4 is 10.1 Å². The second-order valence-corrected chi connectivity index (χ2v) is 3.33. The van der Waals surface area contributed by atoms with E-state index >= 15 is 0 Å². The number of nitrogens with zero attached hydrogens (tertiary/aromatic N) is 2. The number of phenolic OH excluding ortho intramolecular Hbond substituents is 2. The van der Waals surface area contributed by atoms with Gasteiger partial charge in [-0.25, -0.2) is 5.10 Å². The predicted molar refractivity (Wildman–Crippen MR) is 60.7 cm³/mol. The number of H-pyrrole nitrogens is 1. The molecule has 1 heterocycles. The van der Waals surface area contributed by atoms with Crippen LogP contribution in [0.1, 0.15) is 10.4 Å². The van der Waals surface area contributed by atoms with Crippen LogP contribution in [0.4, 0.5) is 5.95 Å². The van der Waals surface area contributed by atoms with Crippen LogP contribution in [0.15, 0.2) is 18.2 Å². The Bertz CT molecular complexity index is 581. The number of ether oxygens (including phenoxy) is 1. The van der Waals surface area contributed by atoms with Gasteiger partial charge in [-0.15, -0.1) is 5.10 Å². The van der Waals surface area contributed by atoms with Crippen LogP contribution in [-0.4, -0.2) is 38.4 Å². The number of amides is 1. The van der Waals surface area contributed by atoms with Gasteiger partial charge < -0.3 is 14.9 Å². The molecule has 0 spiro atoms. The number of phenols is 2. The van der Waals surface area contributed by atoms with Crippen molar-refractivity contribution in [1.82, 2.24) is 15.2 Å². The number of carbonyl (C=O) groups excluding carboxylic acids is 1. The number of methoxy groups -OCH3 is 1. The Labute approximate surface area is 101 Å². The smallest absolute Gasteiger partial charge is 0.336 e. The van der Waals surface area contributed by atoms with E-state index in [0.29, 0.717) is 0 Å². The molecule has 0 atom stereocenters. The Kier molecular flexibility index (Phi) is 3.00. The van der Waals surface area contributed by atoms with Crippen molar-refractivity contribution >= 4 is 11.9 Å². The summed E-state index contributed by atoms with van der Waals surface area (Å²) >= 11 is 0. The SMILES string of the molecule is COc1n[nH]c(NC(=O)c2ccc(O)cc2O)n1. The Hall–Kier alpha value is -2.77. The summed E-state index contributed by atoms with van der Waals surface area (Å²) < 4.78 is 4.73. The van der Waals surface area contributed by atoms with Crippen molar-refractivity contribution in [3.05, 3.63) is 23.8 Å². The van der Waals surface area contributed by atoms with Crippen LogP contribution in [0.25, 0.3) is 0 Å². The first-order valence-electron chi connectivity index (χ1n) is 4.90. The Morgan fingerprint density at radius 1 is 1.44 bits per heavy atom. The summed E-state index contributed by atoms with van der Waals surface area (Å²) in [6.07, 6.45) is 0. The normalized spacial score (nSPS) is 10.1. The molecule has 0 radical (unpaired) electrons. The van der Waals surface area contributed by atoms with Gasteiger partial charge in [-0.3, -0.25) is 10.1 Å². The first-order valence-corrected chi connectivity index (χ1v) is 4.90. The average molecular weight is 250 g/mol. The van der Waals surface area contributed by atoms with Crippen molar-refractivity contribution in [1.29, 1.82) is 0 Å². The van der Waals surface area contributed by atoms with Gasteiger partial charge in [-0.05, 0) is 12.1 Å². The lowest BCUT2D eigenvalue weighted by Crippen LogP contribution is -2.13. The molecule has 1 amide bonds. The molecular formula is C10H10N4O4. The van der Waals surface area contributed by atoms with Gasteiger partial charge in [0.05, 0.1) is 12.7 Å². The number of carbonyl (C=O) groups is 1. The lowest BCUT2D eigenvalue weighted by molar-refractivity contribution is 0.102. The third kappa shape index (κ3) is 2.32. The van der Waals surface area contributed by atoms with E-state index < -0.39 is 5.91 Å². The summed E-state index contributed by atoms with van der Waals surface area (Å²) in [7, 11) is 1.39. The molecule has 2 rings (SSSR count). The topological polar surface area (TPSA) is 120 Å². The van der Waals surface area contributed by atoms with Gasteiger partial charge in [0.1, 0.15) is 11.5 Å². The molecule has 1 aromatic carbocycles. The first-order chi connectivity index (χ1) is 8.60. The van der Waals surface area contributed by atoms with E-state index in [2.05, 4.69) is 20.5 Å². The van der Waals surface area contributed by atoms with Gasteiger partial charge in [0.25, 0.3) is 5.91 Å². The van der Waals surface area contributed by atoms with Crippen molar-refractivity contribution in [2.24, 2.45) is 0 Å². The molecule has 0 aliphatic carbocycles. The maximum Gasteiger partial charge on any atom is 0.336 e. The summed E-state index contributed by atoms with van der Waals surface area (Å²) in [6, 6.07) is 3.72. The standard InChI is InChI=1S/C10H10N4O4/c1-18-10-12-9(13-14-10)11-8(17)6-3-2-5(15)4-7(6)16/h2-4,15-16H,1H3,(H2,11,12,13,14,17). The molecule has 1 aromatic heterocycles. The quantitative estimate of drug-likeness (QED) is 0.628. The first kappa shape index (κ1) is 11.7. The van der Waals surface area contributed by atoms with Crippen LogP contribution in [0.5, 0.6) is 17.5 Å². The molecule has 0 saturated carbocycles. The monoisotopic (exact) mass is 250 g/mol. The number of nitrogens with one attached hydrogen (secondary N) is 2. The number of benzene rings is 1. The molecule has 0 unspecified atom stereocenters. The van der Waals surface area contributed by atoms with Crippen LogP contribution >= 0.6 is 0 Å². The van der Waals surface area contributed by atoms with Crippen molar-refractivity contribution in [2.75, 3.05) is 12.4 Å². The Balaban J connectivity index is 2.16. The van der Waals surface area contributed by atoms with E-state index in [1.807, 2.05) is 0 Å². The number of aromatic amines is 1. The maximum absolute atomic E-state index is 11.8. The van der Waals surface area contributed by atoms with Crippen molar-refractivity contribution in [2.45, 2.75) is 0 Å². The number of aromatic hydroxyl groups is 2. The van der Waals surface area contributed by atoms with Crippen molar-refractivity contribution in [3.63, 3.8) is 0 Å². The fraction of sp³-hybridized carbons (Fsp3) is 0.100. The number of anilines is 1. The van der Waals surface area contributed by atoms with Gasteiger partial charge >= 0.3 is 6.01 Å². The molecule has 8 heteroatoms. The Morgan fingerprint density at radius 2 is 2.22 bits per heavy atom. The third-order valence-electron chi connectivity index (χ3n) is 2.11. The maximum atomic E-state index is 11.8. The van der Waals surface area contributed by atoms with E-state index in [-0.39, 0.29) is 29.0 Å². The highest BCUT2D eigenvalue weighted by Crippen LogP contribution is 2.23. The third-order valence-corrected chi connectivity index (χ3v) is 2.11. The summed E-state index contributed by atoms with van der Waals surface area (Å²) in [6.45, 7) is 0. The van der Waals surface area contributed by atoms with E-state index in [4.69, 9.17) is 9.84 Å². The van der Waals surface area contributed by atoms with Gasteiger partial charge in [-0.1, -0.05) is 0 Å². The fourth-order valence-electron chi connectivity index (χ4n) is 1.28. The summed E-state index contributed by atoms with van der Waals surface area (Å²) in [5, 5.41) is 27.1. The minimum atomic E-state index is -0.591. The molecule has 0 fully saturated rings.